The molecule has 0 aromatic heterocycles. The number of carbonyl (C=O) groups is 2. The molecule has 1 aliphatic rings. The number of nitrogens with one attached hydrogen (secondary N) is 2. The lowest BCUT2D eigenvalue weighted by Gasteiger charge is -2.28. The molecular formula is C17H20N2O4. The summed E-state index contributed by atoms with van der Waals surface area (Å²) >= 11 is 0. The van der Waals surface area contributed by atoms with Crippen LogP contribution in [0.5, 0.6) is 5.75 Å². The zero-order valence-electron chi connectivity index (χ0n) is 13.4. The van der Waals surface area contributed by atoms with E-state index < -0.39 is 12.0 Å². The van der Waals surface area contributed by atoms with Gasteiger partial charge in [0.1, 0.15) is 12.4 Å². The van der Waals surface area contributed by atoms with Crippen molar-refractivity contribution in [1.82, 2.24) is 10.6 Å². The monoisotopic (exact) mass is 316 g/mol. The third kappa shape index (κ3) is 3.91. The van der Waals surface area contributed by atoms with Crippen LogP contribution in [-0.2, 0) is 9.53 Å². The summed E-state index contributed by atoms with van der Waals surface area (Å²) < 4.78 is 10.4. The van der Waals surface area contributed by atoms with E-state index in [0.29, 0.717) is 17.0 Å². The van der Waals surface area contributed by atoms with Crippen LogP contribution in [0.15, 0.2) is 47.7 Å². The Hall–Kier alpha value is -2.76. The van der Waals surface area contributed by atoms with Crippen molar-refractivity contribution < 1.29 is 19.1 Å². The van der Waals surface area contributed by atoms with Gasteiger partial charge in [-0.3, -0.25) is 0 Å². The number of methoxy groups -OCH3 is 1. The highest BCUT2D eigenvalue weighted by molar-refractivity contribution is 5.95. The van der Waals surface area contributed by atoms with Crippen LogP contribution < -0.4 is 15.4 Å². The van der Waals surface area contributed by atoms with Crippen molar-refractivity contribution in [2.45, 2.75) is 19.9 Å². The third-order valence-corrected chi connectivity index (χ3v) is 3.46. The van der Waals surface area contributed by atoms with E-state index in [0.717, 1.165) is 5.56 Å². The fourth-order valence-electron chi connectivity index (χ4n) is 2.33. The quantitative estimate of drug-likeness (QED) is 0.646. The van der Waals surface area contributed by atoms with E-state index in [-0.39, 0.29) is 12.6 Å². The molecule has 0 fully saturated rings. The number of allylic oxidation sites excluding steroid dienone is 2. The van der Waals surface area contributed by atoms with E-state index in [1.54, 1.807) is 44.4 Å². The van der Waals surface area contributed by atoms with Gasteiger partial charge >= 0.3 is 12.0 Å². The van der Waals surface area contributed by atoms with Crippen LogP contribution in [-0.4, -0.2) is 25.7 Å². The fourth-order valence-corrected chi connectivity index (χ4v) is 2.33. The Balaban J connectivity index is 2.35. The van der Waals surface area contributed by atoms with Crippen LogP contribution in [0, 0.1) is 0 Å². The number of ether oxygens (including phenoxy) is 2. The minimum absolute atomic E-state index is 0.185. The summed E-state index contributed by atoms with van der Waals surface area (Å²) in [4.78, 5) is 24.2. The molecule has 0 bridgehead atoms. The molecule has 0 spiro atoms. The number of benzene rings is 1. The van der Waals surface area contributed by atoms with Crippen molar-refractivity contribution in [2.24, 2.45) is 0 Å². The summed E-state index contributed by atoms with van der Waals surface area (Å²) in [6.07, 6.45) is 3.54. The normalized spacial score (nSPS) is 17.7. The Morgan fingerprint density at radius 3 is 2.87 bits per heavy atom. The van der Waals surface area contributed by atoms with Gasteiger partial charge in [0.25, 0.3) is 0 Å². The maximum Gasteiger partial charge on any atom is 0.338 e. The lowest BCUT2D eigenvalue weighted by Crippen LogP contribution is -2.45. The first-order valence-electron chi connectivity index (χ1n) is 7.27. The molecule has 23 heavy (non-hydrogen) atoms. The molecule has 0 saturated heterocycles. The largest absolute Gasteiger partial charge is 0.497 e. The summed E-state index contributed by atoms with van der Waals surface area (Å²) in [5.74, 6) is 0.176. The smallest absolute Gasteiger partial charge is 0.338 e. The lowest BCUT2D eigenvalue weighted by molar-refractivity contribution is -0.138. The second-order valence-corrected chi connectivity index (χ2v) is 5.01. The number of hydrogen-bond donors (Lipinski definition) is 2. The van der Waals surface area contributed by atoms with Gasteiger partial charge in [-0.05, 0) is 31.5 Å². The molecule has 1 aromatic carbocycles. The molecular weight excluding hydrogens is 296 g/mol. The van der Waals surface area contributed by atoms with Gasteiger partial charge in [0.2, 0.25) is 0 Å². The molecule has 0 radical (unpaired) electrons. The Labute approximate surface area is 135 Å². The predicted octanol–water partition coefficient (Wildman–Crippen LogP) is 2.44. The first kappa shape index (κ1) is 16.6. The van der Waals surface area contributed by atoms with Crippen LogP contribution in [0.1, 0.15) is 25.5 Å². The maximum atomic E-state index is 12.4. The number of rotatable bonds is 5. The topological polar surface area (TPSA) is 76.7 Å². The molecule has 1 aromatic rings. The standard InChI is InChI=1S/C17H20N2O4/c1-4-5-9-23-16(20)14-11(2)18-17(21)19-15(14)12-7-6-8-13(10-12)22-3/h4-8,10,15H,9H2,1-3H3,(H2,18,19,21)/b5-4-/t15-/m1/s1. The van der Waals surface area contributed by atoms with Gasteiger partial charge in [-0.2, -0.15) is 0 Å². The van der Waals surface area contributed by atoms with E-state index in [1.807, 2.05) is 13.0 Å². The molecule has 2 amide bonds. The molecule has 1 heterocycles. The van der Waals surface area contributed by atoms with Crippen molar-refractivity contribution in [1.29, 1.82) is 0 Å². The maximum absolute atomic E-state index is 12.4. The molecule has 0 unspecified atom stereocenters. The Kier molecular flexibility index (Phi) is 5.41. The minimum atomic E-state index is -0.586. The van der Waals surface area contributed by atoms with E-state index in [4.69, 9.17) is 9.47 Å². The molecule has 2 N–H and O–H groups in total. The van der Waals surface area contributed by atoms with Gasteiger partial charge in [0, 0.05) is 5.70 Å². The molecule has 6 heteroatoms. The molecule has 122 valence electrons. The van der Waals surface area contributed by atoms with Crippen molar-refractivity contribution in [2.75, 3.05) is 13.7 Å². The molecule has 0 saturated carbocycles. The highest BCUT2D eigenvalue weighted by atomic mass is 16.5. The molecule has 1 atom stereocenters. The van der Waals surface area contributed by atoms with E-state index in [2.05, 4.69) is 10.6 Å². The van der Waals surface area contributed by atoms with Gasteiger partial charge in [-0.1, -0.05) is 24.3 Å². The van der Waals surface area contributed by atoms with Crippen LogP contribution in [0.2, 0.25) is 0 Å². The van der Waals surface area contributed by atoms with E-state index in [1.165, 1.54) is 0 Å². The number of amides is 2. The van der Waals surface area contributed by atoms with Gasteiger partial charge < -0.3 is 20.1 Å². The summed E-state index contributed by atoms with van der Waals surface area (Å²) in [5.41, 5.74) is 1.60. The number of esters is 1. The summed E-state index contributed by atoms with van der Waals surface area (Å²) in [6, 6.07) is 6.26. The predicted molar refractivity (Wildman–Crippen MR) is 85.9 cm³/mol. The van der Waals surface area contributed by atoms with Crippen molar-refractivity contribution in [3.8, 4) is 5.75 Å². The van der Waals surface area contributed by atoms with Gasteiger partial charge in [-0.25, -0.2) is 9.59 Å². The van der Waals surface area contributed by atoms with Crippen LogP contribution in [0.25, 0.3) is 0 Å². The van der Waals surface area contributed by atoms with Crippen LogP contribution in [0.4, 0.5) is 4.79 Å². The zero-order valence-corrected chi connectivity index (χ0v) is 13.4. The average molecular weight is 316 g/mol. The third-order valence-electron chi connectivity index (χ3n) is 3.46. The summed E-state index contributed by atoms with van der Waals surface area (Å²) in [6.45, 7) is 3.71. The highest BCUT2D eigenvalue weighted by Gasteiger charge is 2.32. The lowest BCUT2D eigenvalue weighted by atomic mass is 9.95. The fraction of sp³-hybridized carbons (Fsp3) is 0.294. The second kappa shape index (κ2) is 7.49. The Morgan fingerprint density at radius 1 is 1.39 bits per heavy atom. The van der Waals surface area contributed by atoms with Gasteiger partial charge in [0.15, 0.2) is 0 Å². The van der Waals surface area contributed by atoms with Crippen molar-refractivity contribution in [3.63, 3.8) is 0 Å². The van der Waals surface area contributed by atoms with Gasteiger partial charge in [-0.15, -0.1) is 0 Å². The highest BCUT2D eigenvalue weighted by Crippen LogP contribution is 2.29. The molecule has 6 nitrogen and oxygen atoms in total. The number of hydrogen-bond acceptors (Lipinski definition) is 4. The average Bonchev–Trinajstić information content (AvgIpc) is 2.54. The van der Waals surface area contributed by atoms with Crippen LogP contribution >= 0.6 is 0 Å². The Bertz CT molecular complexity index is 664. The SMILES string of the molecule is C/C=C\COC(=O)C1=C(C)NC(=O)N[C@@H]1c1cccc(OC)c1. The first-order valence-corrected chi connectivity index (χ1v) is 7.27. The van der Waals surface area contributed by atoms with E-state index >= 15 is 0 Å². The minimum Gasteiger partial charge on any atom is -0.497 e. The summed E-state index contributed by atoms with van der Waals surface area (Å²) in [5, 5.41) is 5.36. The first-order chi connectivity index (χ1) is 11.1. The van der Waals surface area contributed by atoms with Crippen LogP contribution in [0.3, 0.4) is 0 Å². The Morgan fingerprint density at radius 2 is 2.17 bits per heavy atom. The van der Waals surface area contributed by atoms with E-state index in [9.17, 15) is 9.59 Å². The van der Waals surface area contributed by atoms with Crippen molar-refractivity contribution >= 4 is 12.0 Å². The van der Waals surface area contributed by atoms with Gasteiger partial charge in [0.05, 0.1) is 18.7 Å². The van der Waals surface area contributed by atoms with Crippen molar-refractivity contribution in [3.05, 3.63) is 53.3 Å². The molecule has 2 rings (SSSR count). The number of urea groups is 1. The second-order valence-electron chi connectivity index (χ2n) is 5.01. The zero-order chi connectivity index (χ0) is 16.8. The number of carbonyl (C=O) groups excluding carboxylic acids is 2. The molecule has 0 aliphatic carbocycles. The summed E-state index contributed by atoms with van der Waals surface area (Å²) in [7, 11) is 1.56. The molecule has 1 aliphatic heterocycles.